The smallest absolute Gasteiger partial charge is 0.267 e. The number of anilines is 1. The first-order chi connectivity index (χ1) is 12.0. The molecule has 2 aromatic rings. The Hall–Kier alpha value is -2.18. The Kier molecular flexibility index (Phi) is 5.50. The lowest BCUT2D eigenvalue weighted by molar-refractivity contribution is 0.0995. The second-order valence-electron chi connectivity index (χ2n) is 6.10. The quantitative estimate of drug-likeness (QED) is 0.908. The third-order valence-corrected chi connectivity index (χ3v) is 4.66. The van der Waals surface area contributed by atoms with E-state index in [1.54, 1.807) is 18.2 Å². The average molecular weight is 363 g/mol. The molecule has 0 radical (unpaired) electrons. The van der Waals surface area contributed by atoms with Crippen LogP contribution in [0, 0.1) is 5.82 Å². The normalized spacial score (nSPS) is 15.8. The molecule has 1 fully saturated rings. The van der Waals surface area contributed by atoms with Crippen LogP contribution in [0.4, 0.5) is 10.2 Å². The highest BCUT2D eigenvalue weighted by molar-refractivity contribution is 6.31. The molecule has 7 heteroatoms. The summed E-state index contributed by atoms with van der Waals surface area (Å²) in [6.07, 6.45) is 0.960. The van der Waals surface area contributed by atoms with Gasteiger partial charge >= 0.3 is 0 Å². The molecule has 0 bridgehead atoms. The Balaban J connectivity index is 1.66. The van der Waals surface area contributed by atoms with E-state index in [4.69, 9.17) is 17.3 Å². The Bertz CT molecular complexity index is 770. The summed E-state index contributed by atoms with van der Waals surface area (Å²) in [5.41, 5.74) is 6.50. The lowest BCUT2D eigenvalue weighted by atomic mass is 10.2. The summed E-state index contributed by atoms with van der Waals surface area (Å²) < 4.78 is 13.2. The van der Waals surface area contributed by atoms with Gasteiger partial charge in [0.05, 0.1) is 0 Å². The zero-order valence-electron chi connectivity index (χ0n) is 13.8. The SMILES string of the molecule is NC(=O)c1cccc(N2CCCN(Cc3ccc(F)cc3Cl)CC2)n1. The van der Waals surface area contributed by atoms with Crippen molar-refractivity contribution in [1.82, 2.24) is 9.88 Å². The minimum atomic E-state index is -0.524. The second kappa shape index (κ2) is 7.80. The van der Waals surface area contributed by atoms with Crippen molar-refractivity contribution >= 4 is 23.3 Å². The van der Waals surface area contributed by atoms with Gasteiger partial charge in [0.2, 0.25) is 0 Å². The molecule has 132 valence electrons. The first-order valence-corrected chi connectivity index (χ1v) is 8.59. The van der Waals surface area contributed by atoms with Crippen LogP contribution in [0.5, 0.6) is 0 Å². The molecule has 1 aliphatic heterocycles. The fourth-order valence-corrected chi connectivity index (χ4v) is 3.21. The molecule has 2 N–H and O–H groups in total. The summed E-state index contributed by atoms with van der Waals surface area (Å²) in [5, 5.41) is 0.455. The Morgan fingerprint density at radius 3 is 2.80 bits per heavy atom. The van der Waals surface area contributed by atoms with Gasteiger partial charge < -0.3 is 10.6 Å². The third kappa shape index (κ3) is 4.46. The van der Waals surface area contributed by atoms with E-state index < -0.39 is 5.91 Å². The molecule has 2 heterocycles. The predicted molar refractivity (Wildman–Crippen MR) is 96.3 cm³/mol. The number of hydrogen-bond acceptors (Lipinski definition) is 4. The highest BCUT2D eigenvalue weighted by Crippen LogP contribution is 2.21. The van der Waals surface area contributed by atoms with Gasteiger partial charge in [-0.2, -0.15) is 0 Å². The van der Waals surface area contributed by atoms with Crippen molar-refractivity contribution in [2.75, 3.05) is 31.1 Å². The van der Waals surface area contributed by atoms with E-state index in [0.717, 1.165) is 44.0 Å². The summed E-state index contributed by atoms with van der Waals surface area (Å²) in [6, 6.07) is 9.82. The van der Waals surface area contributed by atoms with E-state index in [0.29, 0.717) is 11.6 Å². The lowest BCUT2D eigenvalue weighted by Gasteiger charge is -2.23. The van der Waals surface area contributed by atoms with Crippen molar-refractivity contribution in [2.45, 2.75) is 13.0 Å². The number of carbonyl (C=O) groups excluding carboxylic acids is 1. The van der Waals surface area contributed by atoms with Crippen LogP contribution in [-0.2, 0) is 6.54 Å². The summed E-state index contributed by atoms with van der Waals surface area (Å²) in [4.78, 5) is 20.1. The van der Waals surface area contributed by atoms with Gasteiger partial charge in [0.25, 0.3) is 5.91 Å². The zero-order chi connectivity index (χ0) is 17.8. The van der Waals surface area contributed by atoms with E-state index in [9.17, 15) is 9.18 Å². The van der Waals surface area contributed by atoms with Crippen LogP contribution >= 0.6 is 11.6 Å². The van der Waals surface area contributed by atoms with Crippen LogP contribution in [0.25, 0.3) is 0 Å². The van der Waals surface area contributed by atoms with Gasteiger partial charge in [-0.3, -0.25) is 9.69 Å². The number of nitrogens with two attached hydrogens (primary N) is 1. The van der Waals surface area contributed by atoms with Gasteiger partial charge in [0, 0.05) is 37.7 Å². The van der Waals surface area contributed by atoms with E-state index in [-0.39, 0.29) is 11.5 Å². The highest BCUT2D eigenvalue weighted by atomic mass is 35.5. The predicted octanol–water partition coefficient (Wildman–Crippen LogP) is 2.69. The minimum absolute atomic E-state index is 0.275. The average Bonchev–Trinajstić information content (AvgIpc) is 2.83. The van der Waals surface area contributed by atoms with Crippen molar-refractivity contribution in [3.63, 3.8) is 0 Å². The molecule has 0 aliphatic carbocycles. The maximum Gasteiger partial charge on any atom is 0.267 e. The van der Waals surface area contributed by atoms with Gasteiger partial charge in [-0.15, -0.1) is 0 Å². The molecule has 1 saturated heterocycles. The molecule has 1 aliphatic rings. The van der Waals surface area contributed by atoms with Crippen LogP contribution in [0.3, 0.4) is 0 Å². The summed E-state index contributed by atoms with van der Waals surface area (Å²) in [6.45, 7) is 4.06. The maximum absolute atomic E-state index is 13.2. The first kappa shape index (κ1) is 17.6. The van der Waals surface area contributed by atoms with E-state index >= 15 is 0 Å². The van der Waals surface area contributed by atoms with Gasteiger partial charge in [0.1, 0.15) is 17.3 Å². The Morgan fingerprint density at radius 1 is 1.20 bits per heavy atom. The standard InChI is InChI=1S/C18H20ClFN4O/c19-15-11-14(20)6-5-13(15)12-23-7-2-8-24(10-9-23)17-4-1-3-16(22-17)18(21)25/h1,3-6,11H,2,7-10,12H2,(H2,21,25). The number of pyridine rings is 1. The van der Waals surface area contributed by atoms with Crippen LogP contribution in [0.15, 0.2) is 36.4 Å². The van der Waals surface area contributed by atoms with E-state index in [1.165, 1.54) is 12.1 Å². The fraction of sp³-hybridized carbons (Fsp3) is 0.333. The van der Waals surface area contributed by atoms with E-state index in [1.807, 2.05) is 6.07 Å². The molecule has 0 spiro atoms. The molecule has 0 unspecified atom stereocenters. The lowest BCUT2D eigenvalue weighted by Crippen LogP contribution is -2.31. The number of rotatable bonds is 4. The number of hydrogen-bond donors (Lipinski definition) is 1. The molecule has 1 aromatic carbocycles. The molecule has 1 amide bonds. The number of aromatic nitrogens is 1. The highest BCUT2D eigenvalue weighted by Gasteiger charge is 2.18. The number of halogens is 2. The van der Waals surface area contributed by atoms with Crippen molar-refractivity contribution in [1.29, 1.82) is 0 Å². The molecule has 1 aromatic heterocycles. The molecular formula is C18H20ClFN4O. The number of nitrogens with zero attached hydrogens (tertiary/aromatic N) is 3. The van der Waals surface area contributed by atoms with Crippen LogP contribution in [0.2, 0.25) is 5.02 Å². The summed E-state index contributed by atoms with van der Waals surface area (Å²) in [5.74, 6) is -0.0848. The maximum atomic E-state index is 13.2. The topological polar surface area (TPSA) is 62.5 Å². The molecule has 5 nitrogen and oxygen atoms in total. The number of benzene rings is 1. The molecule has 3 rings (SSSR count). The van der Waals surface area contributed by atoms with Crippen LogP contribution in [-0.4, -0.2) is 42.0 Å². The zero-order valence-corrected chi connectivity index (χ0v) is 14.5. The molecule has 0 atom stereocenters. The van der Waals surface area contributed by atoms with Crippen molar-refractivity contribution in [3.8, 4) is 0 Å². The van der Waals surface area contributed by atoms with Gasteiger partial charge in [-0.05, 0) is 36.2 Å². The van der Waals surface area contributed by atoms with Gasteiger partial charge in [-0.25, -0.2) is 9.37 Å². The largest absolute Gasteiger partial charge is 0.364 e. The van der Waals surface area contributed by atoms with Crippen molar-refractivity contribution in [2.24, 2.45) is 5.73 Å². The molecule has 25 heavy (non-hydrogen) atoms. The molecular weight excluding hydrogens is 343 g/mol. The van der Waals surface area contributed by atoms with Gasteiger partial charge in [0.15, 0.2) is 0 Å². The Morgan fingerprint density at radius 2 is 2.04 bits per heavy atom. The third-order valence-electron chi connectivity index (χ3n) is 4.31. The minimum Gasteiger partial charge on any atom is -0.364 e. The van der Waals surface area contributed by atoms with Crippen LogP contribution in [0.1, 0.15) is 22.5 Å². The fourth-order valence-electron chi connectivity index (χ4n) is 2.99. The van der Waals surface area contributed by atoms with Gasteiger partial charge in [-0.1, -0.05) is 23.7 Å². The Labute approximate surface area is 151 Å². The van der Waals surface area contributed by atoms with Crippen molar-refractivity contribution < 1.29 is 9.18 Å². The molecule has 0 saturated carbocycles. The summed E-state index contributed by atoms with van der Waals surface area (Å²) >= 11 is 6.13. The van der Waals surface area contributed by atoms with Crippen molar-refractivity contribution in [3.05, 3.63) is 58.5 Å². The van der Waals surface area contributed by atoms with Crippen LogP contribution < -0.4 is 10.6 Å². The number of amides is 1. The number of primary amides is 1. The van der Waals surface area contributed by atoms with E-state index in [2.05, 4.69) is 14.8 Å². The first-order valence-electron chi connectivity index (χ1n) is 8.21. The summed E-state index contributed by atoms with van der Waals surface area (Å²) in [7, 11) is 0. The second-order valence-corrected chi connectivity index (χ2v) is 6.50. The monoisotopic (exact) mass is 362 g/mol. The number of carbonyl (C=O) groups is 1.